The average molecular weight is 572 g/mol. The highest BCUT2D eigenvalue weighted by Crippen LogP contribution is 2.29. The Bertz CT molecular complexity index is 1390. The largest absolute Gasteiger partial charge is 0.416 e. The Morgan fingerprint density at radius 3 is 2.32 bits per heavy atom. The number of hydrogen-bond donors (Lipinski definition) is 5. The zero-order valence-corrected chi connectivity index (χ0v) is 22.1. The molecule has 0 aliphatic carbocycles. The number of aromatic nitrogens is 1. The van der Waals surface area contributed by atoms with E-state index >= 15 is 0 Å². The van der Waals surface area contributed by atoms with E-state index in [-0.39, 0.29) is 37.3 Å². The summed E-state index contributed by atoms with van der Waals surface area (Å²) in [6, 6.07) is 10.4. The molecule has 41 heavy (non-hydrogen) atoms. The average Bonchev–Trinajstić information content (AvgIpc) is 3.28. The van der Waals surface area contributed by atoms with Crippen LogP contribution in [0, 0.1) is 0 Å². The maximum Gasteiger partial charge on any atom is 0.416 e. The second-order valence-electron chi connectivity index (χ2n) is 10.1. The number of halogens is 3. The molecule has 1 aromatic heterocycles. The van der Waals surface area contributed by atoms with Crippen LogP contribution in [0.15, 0.2) is 60.8 Å². The van der Waals surface area contributed by atoms with Gasteiger partial charge in [-0.25, -0.2) is 0 Å². The normalized spacial score (nSPS) is 18.6. The highest BCUT2D eigenvalue weighted by molar-refractivity contribution is 5.99. The molecule has 2 heterocycles. The number of nitrogens with one attached hydrogen (secondary N) is 2. The molecular formula is C28H32F3N7O3. The molecule has 4 rings (SSSR count). The molecule has 3 aromatic rings. The van der Waals surface area contributed by atoms with Gasteiger partial charge in [-0.15, -0.1) is 0 Å². The quantitative estimate of drug-likeness (QED) is 0.259. The van der Waals surface area contributed by atoms with Crippen molar-refractivity contribution in [3.05, 3.63) is 71.9 Å². The SMILES string of the molecule is N[C@@H]1CN(C(=O)CC[C@H](N)C(=O)N[C@H](Cc2ccc(C(F)(F)F)cc2)C(=O)Nc2cnc3ccccc3c2)C[C@@H]1N. The number of pyridine rings is 1. The smallest absolute Gasteiger partial charge is 0.343 e. The van der Waals surface area contributed by atoms with Crippen molar-refractivity contribution < 1.29 is 27.6 Å². The molecule has 0 spiro atoms. The molecule has 218 valence electrons. The summed E-state index contributed by atoms with van der Waals surface area (Å²) in [6.45, 7) is 0.640. The topological polar surface area (TPSA) is 169 Å². The third-order valence-corrected chi connectivity index (χ3v) is 6.98. The summed E-state index contributed by atoms with van der Waals surface area (Å²) in [7, 11) is 0. The van der Waals surface area contributed by atoms with Gasteiger partial charge in [0.2, 0.25) is 17.7 Å². The van der Waals surface area contributed by atoms with Gasteiger partial charge in [-0.2, -0.15) is 13.2 Å². The van der Waals surface area contributed by atoms with Gasteiger partial charge < -0.3 is 32.7 Å². The van der Waals surface area contributed by atoms with Crippen LogP contribution in [-0.2, 0) is 27.0 Å². The number of rotatable bonds is 9. The van der Waals surface area contributed by atoms with E-state index in [2.05, 4.69) is 15.6 Å². The lowest BCUT2D eigenvalue weighted by Gasteiger charge is -2.22. The van der Waals surface area contributed by atoms with Gasteiger partial charge in [0.1, 0.15) is 6.04 Å². The Labute approximate surface area is 234 Å². The van der Waals surface area contributed by atoms with Gasteiger partial charge in [0.15, 0.2) is 0 Å². The second kappa shape index (κ2) is 12.6. The van der Waals surface area contributed by atoms with Crippen LogP contribution < -0.4 is 27.8 Å². The van der Waals surface area contributed by atoms with Crippen LogP contribution in [0.4, 0.5) is 18.9 Å². The molecular weight excluding hydrogens is 539 g/mol. The van der Waals surface area contributed by atoms with Gasteiger partial charge in [0.25, 0.3) is 0 Å². The number of fused-ring (bicyclic) bond motifs is 1. The Hall–Kier alpha value is -4.07. The predicted molar refractivity (Wildman–Crippen MR) is 147 cm³/mol. The van der Waals surface area contributed by atoms with Crippen molar-refractivity contribution >= 4 is 34.3 Å². The molecule has 1 saturated heterocycles. The Morgan fingerprint density at radius 2 is 1.66 bits per heavy atom. The standard InChI is InChI=1S/C28H32F3N7O3/c29-28(30,31)18-7-5-16(6-8-18)11-24(27(41)36-19-12-17-3-1-2-4-23(17)35-13-19)37-26(40)20(32)9-10-25(39)38-14-21(33)22(34)15-38/h1-8,12-13,20-22,24H,9-11,14-15,32-34H2,(H,36,41)(H,37,40)/t20-,21-,22+,24+/m0/s1. The second-order valence-corrected chi connectivity index (χ2v) is 10.1. The van der Waals surface area contributed by atoms with Crippen LogP contribution in [-0.4, -0.2) is 64.9 Å². The molecule has 3 amide bonds. The summed E-state index contributed by atoms with van der Waals surface area (Å²) in [4.78, 5) is 44.6. The van der Waals surface area contributed by atoms with Gasteiger partial charge in [-0.05, 0) is 36.2 Å². The minimum Gasteiger partial charge on any atom is -0.343 e. The first-order valence-electron chi connectivity index (χ1n) is 13.1. The van der Waals surface area contributed by atoms with Crippen molar-refractivity contribution in [2.24, 2.45) is 17.2 Å². The molecule has 10 nitrogen and oxygen atoms in total. The van der Waals surface area contributed by atoms with Crippen LogP contribution in [0.3, 0.4) is 0 Å². The molecule has 4 atom stereocenters. The first kappa shape index (κ1) is 29.9. The Balaban J connectivity index is 1.44. The van der Waals surface area contributed by atoms with E-state index in [0.717, 1.165) is 23.0 Å². The zero-order valence-electron chi connectivity index (χ0n) is 22.1. The fourth-order valence-electron chi connectivity index (χ4n) is 4.55. The van der Waals surface area contributed by atoms with Gasteiger partial charge in [0, 0.05) is 43.4 Å². The molecule has 0 unspecified atom stereocenters. The van der Waals surface area contributed by atoms with Crippen LogP contribution in [0.2, 0.25) is 0 Å². The Morgan fingerprint density at radius 1 is 1.00 bits per heavy atom. The summed E-state index contributed by atoms with van der Waals surface area (Å²) in [5, 5.41) is 6.08. The van der Waals surface area contributed by atoms with Crippen molar-refractivity contribution in [1.29, 1.82) is 0 Å². The summed E-state index contributed by atoms with van der Waals surface area (Å²) in [5.41, 5.74) is 18.4. The molecule has 0 saturated carbocycles. The predicted octanol–water partition coefficient (Wildman–Crippen LogP) is 1.52. The van der Waals surface area contributed by atoms with Gasteiger partial charge in [-0.1, -0.05) is 30.3 Å². The molecule has 2 aromatic carbocycles. The number of benzene rings is 2. The number of carbonyl (C=O) groups is 3. The van der Waals surface area contributed by atoms with E-state index in [1.54, 1.807) is 6.07 Å². The molecule has 0 bridgehead atoms. The lowest BCUT2D eigenvalue weighted by atomic mass is 10.0. The van der Waals surface area contributed by atoms with E-state index in [1.165, 1.54) is 23.2 Å². The first-order valence-corrected chi connectivity index (χ1v) is 13.1. The van der Waals surface area contributed by atoms with Crippen molar-refractivity contribution in [2.75, 3.05) is 18.4 Å². The lowest BCUT2D eigenvalue weighted by molar-refractivity contribution is -0.137. The number of nitrogens with two attached hydrogens (primary N) is 3. The molecule has 8 N–H and O–H groups in total. The maximum absolute atomic E-state index is 13.3. The van der Waals surface area contributed by atoms with E-state index in [1.807, 2.05) is 24.3 Å². The van der Waals surface area contributed by atoms with Gasteiger partial charge in [0.05, 0.1) is 29.0 Å². The number of carbonyl (C=O) groups excluding carboxylic acids is 3. The number of para-hydroxylation sites is 1. The number of alkyl halides is 3. The molecule has 1 aliphatic heterocycles. The minimum atomic E-state index is -4.51. The minimum absolute atomic E-state index is 0.00879. The van der Waals surface area contributed by atoms with Crippen molar-refractivity contribution in [2.45, 2.75) is 49.6 Å². The van der Waals surface area contributed by atoms with E-state index < -0.39 is 35.6 Å². The lowest BCUT2D eigenvalue weighted by Crippen LogP contribution is -2.51. The van der Waals surface area contributed by atoms with Crippen molar-refractivity contribution in [3.63, 3.8) is 0 Å². The summed E-state index contributed by atoms with van der Waals surface area (Å²) >= 11 is 0. The summed E-state index contributed by atoms with van der Waals surface area (Å²) in [6.07, 6.45) is -3.17. The fourth-order valence-corrected chi connectivity index (χ4v) is 4.55. The number of amides is 3. The maximum atomic E-state index is 13.3. The number of nitrogens with zero attached hydrogens (tertiary/aromatic N) is 2. The molecule has 1 aliphatic rings. The molecule has 13 heteroatoms. The van der Waals surface area contributed by atoms with E-state index in [4.69, 9.17) is 17.2 Å². The van der Waals surface area contributed by atoms with Crippen molar-refractivity contribution in [1.82, 2.24) is 15.2 Å². The molecule has 1 fully saturated rings. The fraction of sp³-hybridized carbons (Fsp3) is 0.357. The Kier molecular flexibility index (Phi) is 9.21. The first-order chi connectivity index (χ1) is 19.4. The van der Waals surface area contributed by atoms with E-state index in [0.29, 0.717) is 24.3 Å². The third kappa shape index (κ3) is 7.78. The molecule has 0 radical (unpaired) electrons. The van der Waals surface area contributed by atoms with Crippen LogP contribution in [0.1, 0.15) is 24.0 Å². The highest BCUT2D eigenvalue weighted by Gasteiger charge is 2.32. The number of hydrogen-bond acceptors (Lipinski definition) is 7. The summed E-state index contributed by atoms with van der Waals surface area (Å²) < 4.78 is 39.0. The van der Waals surface area contributed by atoms with Gasteiger partial charge in [-0.3, -0.25) is 19.4 Å². The number of anilines is 1. The highest BCUT2D eigenvalue weighted by atomic mass is 19.4. The van der Waals surface area contributed by atoms with Crippen LogP contribution >= 0.6 is 0 Å². The third-order valence-electron chi connectivity index (χ3n) is 6.98. The van der Waals surface area contributed by atoms with E-state index in [9.17, 15) is 27.6 Å². The van der Waals surface area contributed by atoms with Crippen LogP contribution in [0.5, 0.6) is 0 Å². The zero-order chi connectivity index (χ0) is 29.7. The summed E-state index contributed by atoms with van der Waals surface area (Å²) in [5.74, 6) is -1.53. The van der Waals surface area contributed by atoms with Crippen molar-refractivity contribution in [3.8, 4) is 0 Å². The monoisotopic (exact) mass is 571 g/mol. The number of likely N-dealkylation sites (tertiary alicyclic amines) is 1. The van der Waals surface area contributed by atoms with Crippen LogP contribution in [0.25, 0.3) is 10.9 Å². The van der Waals surface area contributed by atoms with Gasteiger partial charge >= 0.3 is 6.18 Å².